The van der Waals surface area contributed by atoms with Crippen LogP contribution in [0.1, 0.15) is 29.6 Å². The normalized spacial score (nSPS) is 14.0. The van der Waals surface area contributed by atoms with Crippen LogP contribution >= 0.6 is 0 Å². The molecule has 1 heterocycles. The first-order valence-electron chi connectivity index (χ1n) is 7.71. The van der Waals surface area contributed by atoms with Gasteiger partial charge < -0.3 is 19.1 Å². The first-order valence-corrected chi connectivity index (χ1v) is 7.71. The molecular formula is C17H21NO6. The highest BCUT2D eigenvalue weighted by Gasteiger charge is 2.30. The summed E-state index contributed by atoms with van der Waals surface area (Å²) >= 11 is 0. The number of hydrogen-bond acceptors (Lipinski definition) is 6. The van der Waals surface area contributed by atoms with Gasteiger partial charge in [0.05, 0.1) is 21.3 Å². The maximum atomic E-state index is 12.4. The monoisotopic (exact) mass is 335 g/mol. The predicted molar refractivity (Wildman–Crippen MR) is 85.9 cm³/mol. The summed E-state index contributed by atoms with van der Waals surface area (Å²) in [6, 6.07) is 2.73. The molecule has 0 atom stereocenters. The fraction of sp³-hybridized carbons (Fsp3) is 0.471. The maximum Gasteiger partial charge on any atom is 0.298 e. The van der Waals surface area contributed by atoms with Gasteiger partial charge in [-0.25, -0.2) is 0 Å². The van der Waals surface area contributed by atoms with Crippen molar-refractivity contribution < 1.29 is 28.6 Å². The van der Waals surface area contributed by atoms with Gasteiger partial charge in [0.25, 0.3) is 11.7 Å². The van der Waals surface area contributed by atoms with Crippen LogP contribution in [0.3, 0.4) is 0 Å². The summed E-state index contributed by atoms with van der Waals surface area (Å²) < 4.78 is 15.5. The van der Waals surface area contributed by atoms with E-state index in [1.807, 2.05) is 0 Å². The minimum Gasteiger partial charge on any atom is -0.493 e. The van der Waals surface area contributed by atoms with Crippen molar-refractivity contribution in [1.29, 1.82) is 0 Å². The average molecular weight is 335 g/mol. The standard InChI is InChI=1S/C17H21NO6/c1-22-12-9-11(10-13(23-2)16(12)24-3)14(19)15(20)17(21)18-7-5-4-6-8-18/h9-10H,4-8H2,1-3H3. The number of carbonyl (C=O) groups is 3. The van der Waals surface area contributed by atoms with E-state index in [-0.39, 0.29) is 17.1 Å². The van der Waals surface area contributed by atoms with Gasteiger partial charge in [0.15, 0.2) is 11.5 Å². The Morgan fingerprint density at radius 3 is 1.88 bits per heavy atom. The van der Waals surface area contributed by atoms with Crippen LogP contribution in [0.4, 0.5) is 0 Å². The van der Waals surface area contributed by atoms with Gasteiger partial charge in [-0.2, -0.15) is 0 Å². The minimum absolute atomic E-state index is 0.0276. The molecule has 1 amide bonds. The highest BCUT2D eigenvalue weighted by Crippen LogP contribution is 2.38. The Kier molecular flexibility index (Phi) is 5.78. The van der Waals surface area contributed by atoms with Crippen LogP contribution in [0.5, 0.6) is 17.2 Å². The van der Waals surface area contributed by atoms with E-state index < -0.39 is 17.5 Å². The molecule has 0 bridgehead atoms. The van der Waals surface area contributed by atoms with E-state index in [0.717, 1.165) is 19.3 Å². The van der Waals surface area contributed by atoms with Crippen molar-refractivity contribution >= 4 is 17.5 Å². The quantitative estimate of drug-likeness (QED) is 0.445. The molecule has 24 heavy (non-hydrogen) atoms. The molecule has 0 spiro atoms. The number of benzene rings is 1. The van der Waals surface area contributed by atoms with Crippen LogP contribution in [-0.2, 0) is 9.59 Å². The van der Waals surface area contributed by atoms with Crippen molar-refractivity contribution in [3.8, 4) is 17.2 Å². The zero-order valence-corrected chi connectivity index (χ0v) is 14.1. The number of piperidine rings is 1. The number of methoxy groups -OCH3 is 3. The topological polar surface area (TPSA) is 82.1 Å². The molecule has 0 unspecified atom stereocenters. The van der Waals surface area contributed by atoms with Crippen molar-refractivity contribution in [1.82, 2.24) is 4.90 Å². The Morgan fingerprint density at radius 2 is 1.42 bits per heavy atom. The molecule has 1 aromatic carbocycles. The molecule has 2 rings (SSSR count). The Bertz CT molecular complexity index is 623. The number of carbonyl (C=O) groups excluding carboxylic acids is 3. The minimum atomic E-state index is -1.05. The van der Waals surface area contributed by atoms with Crippen LogP contribution < -0.4 is 14.2 Å². The zero-order valence-electron chi connectivity index (χ0n) is 14.1. The number of ether oxygens (including phenoxy) is 3. The summed E-state index contributed by atoms with van der Waals surface area (Å²) in [4.78, 5) is 38.3. The van der Waals surface area contributed by atoms with Gasteiger partial charge in [-0.3, -0.25) is 14.4 Å². The molecule has 7 heteroatoms. The molecule has 1 saturated heterocycles. The summed E-state index contributed by atoms with van der Waals surface area (Å²) in [5, 5.41) is 0. The van der Waals surface area contributed by atoms with E-state index in [0.29, 0.717) is 18.8 Å². The van der Waals surface area contributed by atoms with Gasteiger partial charge in [-0.15, -0.1) is 0 Å². The van der Waals surface area contributed by atoms with E-state index in [1.54, 1.807) is 0 Å². The highest BCUT2D eigenvalue weighted by atomic mass is 16.5. The van der Waals surface area contributed by atoms with Crippen molar-refractivity contribution in [2.45, 2.75) is 19.3 Å². The number of nitrogens with zero attached hydrogens (tertiary/aromatic N) is 1. The second-order valence-electron chi connectivity index (χ2n) is 5.43. The third kappa shape index (κ3) is 3.50. The lowest BCUT2D eigenvalue weighted by Crippen LogP contribution is -2.42. The number of ketones is 2. The largest absolute Gasteiger partial charge is 0.493 e. The fourth-order valence-electron chi connectivity index (χ4n) is 2.68. The Labute approximate surface area is 140 Å². The Hall–Kier alpha value is -2.57. The van der Waals surface area contributed by atoms with Gasteiger partial charge in [-0.05, 0) is 31.4 Å². The third-order valence-corrected chi connectivity index (χ3v) is 3.97. The second kappa shape index (κ2) is 7.81. The molecule has 130 valence electrons. The number of Topliss-reactive ketones (excluding diaryl/α,β-unsaturated/α-hetero) is 2. The van der Waals surface area contributed by atoms with E-state index in [1.165, 1.54) is 38.4 Å². The Morgan fingerprint density at radius 1 is 0.875 bits per heavy atom. The van der Waals surface area contributed by atoms with Crippen LogP contribution in [0.15, 0.2) is 12.1 Å². The maximum absolute atomic E-state index is 12.4. The zero-order chi connectivity index (χ0) is 17.7. The molecule has 1 aliphatic heterocycles. The third-order valence-electron chi connectivity index (χ3n) is 3.97. The van der Waals surface area contributed by atoms with Crippen molar-refractivity contribution in [2.75, 3.05) is 34.4 Å². The first kappa shape index (κ1) is 17.8. The van der Waals surface area contributed by atoms with E-state index in [9.17, 15) is 14.4 Å². The van der Waals surface area contributed by atoms with Crippen LogP contribution in [0.2, 0.25) is 0 Å². The molecule has 0 radical (unpaired) electrons. The van der Waals surface area contributed by atoms with Crippen molar-refractivity contribution in [3.05, 3.63) is 17.7 Å². The van der Waals surface area contributed by atoms with Crippen LogP contribution in [0.25, 0.3) is 0 Å². The first-order chi connectivity index (χ1) is 11.5. The number of rotatable bonds is 6. The molecule has 1 aromatic rings. The summed E-state index contributed by atoms with van der Waals surface area (Å²) in [6.07, 6.45) is 2.72. The lowest BCUT2D eigenvalue weighted by Gasteiger charge is -2.25. The summed E-state index contributed by atoms with van der Waals surface area (Å²) in [5.74, 6) is -1.88. The molecular weight excluding hydrogens is 314 g/mol. The highest BCUT2D eigenvalue weighted by molar-refractivity contribution is 6.66. The lowest BCUT2D eigenvalue weighted by molar-refractivity contribution is -0.142. The molecule has 0 N–H and O–H groups in total. The van der Waals surface area contributed by atoms with Gasteiger partial charge in [0.1, 0.15) is 0 Å². The molecule has 0 aliphatic carbocycles. The second-order valence-corrected chi connectivity index (χ2v) is 5.43. The molecule has 0 aromatic heterocycles. The van der Waals surface area contributed by atoms with Crippen molar-refractivity contribution in [3.63, 3.8) is 0 Å². The summed E-state index contributed by atoms with van der Waals surface area (Å²) in [7, 11) is 4.26. The Balaban J connectivity index is 2.28. The van der Waals surface area contributed by atoms with E-state index in [2.05, 4.69) is 0 Å². The molecule has 7 nitrogen and oxygen atoms in total. The predicted octanol–water partition coefficient (Wildman–Crippen LogP) is 1.48. The number of hydrogen-bond donors (Lipinski definition) is 0. The van der Waals surface area contributed by atoms with E-state index >= 15 is 0 Å². The smallest absolute Gasteiger partial charge is 0.298 e. The van der Waals surface area contributed by atoms with Gasteiger partial charge in [0, 0.05) is 18.7 Å². The van der Waals surface area contributed by atoms with Gasteiger partial charge in [0.2, 0.25) is 11.5 Å². The SMILES string of the molecule is COc1cc(C(=O)C(=O)C(=O)N2CCCCC2)cc(OC)c1OC. The lowest BCUT2D eigenvalue weighted by atomic mass is 10.0. The van der Waals surface area contributed by atoms with Gasteiger partial charge in [-0.1, -0.05) is 0 Å². The number of likely N-dealkylation sites (tertiary alicyclic amines) is 1. The van der Waals surface area contributed by atoms with Gasteiger partial charge >= 0.3 is 0 Å². The van der Waals surface area contributed by atoms with Crippen LogP contribution in [-0.4, -0.2) is 56.8 Å². The summed E-state index contributed by atoms with van der Waals surface area (Å²) in [5.41, 5.74) is 0.0276. The fourth-order valence-corrected chi connectivity index (χ4v) is 2.68. The van der Waals surface area contributed by atoms with E-state index in [4.69, 9.17) is 14.2 Å². The molecule has 0 saturated carbocycles. The summed E-state index contributed by atoms with van der Waals surface area (Å²) in [6.45, 7) is 1.01. The molecule has 1 fully saturated rings. The molecule has 1 aliphatic rings. The number of amides is 1. The van der Waals surface area contributed by atoms with Crippen molar-refractivity contribution in [2.24, 2.45) is 0 Å². The van der Waals surface area contributed by atoms with Crippen LogP contribution in [0, 0.1) is 0 Å². The average Bonchev–Trinajstić information content (AvgIpc) is 2.65.